The molecule has 2 saturated carbocycles. The number of piperazine rings is 1. The average molecular weight is 346 g/mol. The highest BCUT2D eigenvalue weighted by atomic mass is 16.5. The van der Waals surface area contributed by atoms with Gasteiger partial charge < -0.3 is 14.5 Å². The number of amides is 1. The van der Waals surface area contributed by atoms with Crippen LogP contribution in [0.15, 0.2) is 0 Å². The lowest BCUT2D eigenvalue weighted by molar-refractivity contribution is -0.131. The van der Waals surface area contributed by atoms with Crippen molar-refractivity contribution in [2.75, 3.05) is 24.5 Å². The van der Waals surface area contributed by atoms with Gasteiger partial charge in [0.05, 0.1) is 11.7 Å². The van der Waals surface area contributed by atoms with Gasteiger partial charge in [-0.15, -0.1) is 0 Å². The Balaban J connectivity index is 1.19. The number of ether oxygens (including phenoxy) is 1. The smallest absolute Gasteiger partial charge is 0.246 e. The molecule has 2 aliphatic carbocycles. The first-order valence-electron chi connectivity index (χ1n) is 9.71. The maximum absolute atomic E-state index is 12.4. The highest BCUT2D eigenvalue weighted by Crippen LogP contribution is 2.46. The highest BCUT2D eigenvalue weighted by Gasteiger charge is 2.44. The summed E-state index contributed by atoms with van der Waals surface area (Å²) in [5.41, 5.74) is 0.208. The predicted molar refractivity (Wildman–Crippen MR) is 90.1 cm³/mol. The van der Waals surface area contributed by atoms with Gasteiger partial charge in [-0.1, -0.05) is 5.10 Å². The summed E-state index contributed by atoms with van der Waals surface area (Å²) in [6.45, 7) is 2.73. The number of aromatic nitrogens is 4. The van der Waals surface area contributed by atoms with Crippen LogP contribution in [0.1, 0.15) is 51.4 Å². The van der Waals surface area contributed by atoms with Gasteiger partial charge >= 0.3 is 0 Å². The molecule has 8 heteroatoms. The Morgan fingerprint density at radius 2 is 2.04 bits per heavy atom. The monoisotopic (exact) mass is 346 g/mol. The Bertz CT molecular complexity index is 653. The molecule has 0 radical (unpaired) electrons. The van der Waals surface area contributed by atoms with Crippen LogP contribution in [0.5, 0.6) is 0 Å². The second-order valence-electron chi connectivity index (χ2n) is 8.05. The first-order chi connectivity index (χ1) is 12.2. The summed E-state index contributed by atoms with van der Waals surface area (Å²) in [6.07, 6.45) is 9.71. The SMILES string of the molecule is O=C1CN(c2nnnn2CCC2CCC3(CCC3)O2)CCN1C1CC1. The van der Waals surface area contributed by atoms with Gasteiger partial charge in [0.25, 0.3) is 0 Å². The molecule has 1 aromatic heterocycles. The Hall–Kier alpha value is -1.70. The van der Waals surface area contributed by atoms with Crippen molar-refractivity contribution in [2.45, 2.75) is 75.7 Å². The zero-order valence-corrected chi connectivity index (χ0v) is 14.6. The van der Waals surface area contributed by atoms with Gasteiger partial charge in [-0.2, -0.15) is 0 Å². The van der Waals surface area contributed by atoms with Crippen molar-refractivity contribution in [1.29, 1.82) is 0 Å². The third-order valence-electron chi connectivity index (χ3n) is 6.31. The van der Waals surface area contributed by atoms with E-state index in [1.165, 1.54) is 25.7 Å². The fraction of sp³-hybridized carbons (Fsp3) is 0.882. The minimum atomic E-state index is 0.203. The fourth-order valence-electron chi connectivity index (χ4n) is 4.50. The van der Waals surface area contributed by atoms with E-state index in [1.54, 1.807) is 0 Å². The minimum absolute atomic E-state index is 0.203. The number of carbonyl (C=O) groups excluding carboxylic acids is 1. The molecule has 5 rings (SSSR count). The van der Waals surface area contributed by atoms with Gasteiger partial charge in [-0.25, -0.2) is 4.68 Å². The van der Waals surface area contributed by atoms with E-state index in [-0.39, 0.29) is 11.5 Å². The van der Waals surface area contributed by atoms with E-state index >= 15 is 0 Å². The molecule has 2 aliphatic heterocycles. The quantitative estimate of drug-likeness (QED) is 0.791. The van der Waals surface area contributed by atoms with Crippen LogP contribution in [0.25, 0.3) is 0 Å². The number of carbonyl (C=O) groups is 1. The summed E-state index contributed by atoms with van der Waals surface area (Å²) in [4.78, 5) is 16.4. The van der Waals surface area contributed by atoms with Crippen LogP contribution >= 0.6 is 0 Å². The molecule has 25 heavy (non-hydrogen) atoms. The summed E-state index contributed by atoms with van der Waals surface area (Å²) >= 11 is 0. The second-order valence-corrected chi connectivity index (χ2v) is 8.05. The van der Waals surface area contributed by atoms with Crippen LogP contribution in [-0.2, 0) is 16.1 Å². The number of hydrogen-bond acceptors (Lipinski definition) is 6. The van der Waals surface area contributed by atoms with Crippen LogP contribution in [-0.4, -0.2) is 68.4 Å². The van der Waals surface area contributed by atoms with Crippen LogP contribution < -0.4 is 4.90 Å². The molecule has 4 fully saturated rings. The van der Waals surface area contributed by atoms with Gasteiger partial charge in [-0.3, -0.25) is 4.79 Å². The summed E-state index contributed by atoms with van der Waals surface area (Å²) in [5.74, 6) is 0.925. The van der Waals surface area contributed by atoms with Gasteiger partial charge in [0.1, 0.15) is 6.54 Å². The molecule has 3 heterocycles. The van der Waals surface area contributed by atoms with E-state index < -0.39 is 0 Å². The average Bonchev–Trinajstić information content (AvgIpc) is 3.15. The molecule has 8 nitrogen and oxygen atoms in total. The Morgan fingerprint density at radius 1 is 1.16 bits per heavy atom. The van der Waals surface area contributed by atoms with E-state index in [9.17, 15) is 4.79 Å². The van der Waals surface area contributed by atoms with Crippen LogP contribution in [0.4, 0.5) is 5.95 Å². The number of rotatable bonds is 5. The molecule has 1 spiro atoms. The van der Waals surface area contributed by atoms with E-state index in [4.69, 9.17) is 4.74 Å². The fourth-order valence-corrected chi connectivity index (χ4v) is 4.50. The lowest BCUT2D eigenvalue weighted by Gasteiger charge is -2.38. The standard InChI is InChI=1S/C17H26N6O2/c24-15-12-21(10-11-22(15)13-2-3-13)16-18-19-20-23(16)9-5-14-4-8-17(25-14)6-1-7-17/h13-14H,1-12H2. The topological polar surface area (TPSA) is 76.4 Å². The third-order valence-corrected chi connectivity index (χ3v) is 6.31. The lowest BCUT2D eigenvalue weighted by atomic mass is 9.78. The molecule has 1 aromatic rings. The summed E-state index contributed by atoms with van der Waals surface area (Å²) in [5, 5.41) is 12.2. The lowest BCUT2D eigenvalue weighted by Crippen LogP contribution is -2.52. The number of tetrazole rings is 1. The van der Waals surface area contributed by atoms with E-state index in [0.717, 1.165) is 51.3 Å². The van der Waals surface area contributed by atoms with Gasteiger partial charge in [-0.05, 0) is 61.8 Å². The number of hydrogen-bond donors (Lipinski definition) is 0. The van der Waals surface area contributed by atoms with Crippen molar-refractivity contribution in [1.82, 2.24) is 25.1 Å². The van der Waals surface area contributed by atoms with Crippen LogP contribution in [0.3, 0.4) is 0 Å². The number of nitrogens with zero attached hydrogens (tertiary/aromatic N) is 6. The van der Waals surface area contributed by atoms with E-state index in [2.05, 4.69) is 15.5 Å². The van der Waals surface area contributed by atoms with Crippen molar-refractivity contribution in [2.24, 2.45) is 0 Å². The van der Waals surface area contributed by atoms with Gasteiger partial charge in [0.15, 0.2) is 0 Å². The molecule has 2 saturated heterocycles. The minimum Gasteiger partial charge on any atom is -0.372 e. The molecule has 4 aliphatic rings. The molecule has 1 unspecified atom stereocenters. The van der Waals surface area contributed by atoms with Gasteiger partial charge in [0, 0.05) is 25.7 Å². The Kier molecular flexibility index (Phi) is 3.69. The maximum atomic E-state index is 12.4. The van der Waals surface area contributed by atoms with E-state index in [1.807, 2.05) is 14.5 Å². The molecule has 0 aromatic carbocycles. The number of aryl methyl sites for hydroxylation is 1. The zero-order valence-electron chi connectivity index (χ0n) is 14.6. The molecule has 136 valence electrons. The Morgan fingerprint density at radius 3 is 2.72 bits per heavy atom. The molecule has 1 amide bonds. The summed E-state index contributed by atoms with van der Waals surface area (Å²) in [6, 6.07) is 0.490. The Labute approximate surface area is 147 Å². The predicted octanol–water partition coefficient (Wildman–Crippen LogP) is 0.976. The molecular formula is C17H26N6O2. The molecule has 0 bridgehead atoms. The molecule has 1 atom stereocenters. The summed E-state index contributed by atoms with van der Waals surface area (Å²) in [7, 11) is 0. The molecule has 0 N–H and O–H groups in total. The third kappa shape index (κ3) is 2.90. The molecular weight excluding hydrogens is 320 g/mol. The normalized spacial score (nSPS) is 28.6. The van der Waals surface area contributed by atoms with Crippen molar-refractivity contribution in [3.8, 4) is 0 Å². The van der Waals surface area contributed by atoms with E-state index in [0.29, 0.717) is 18.7 Å². The highest BCUT2D eigenvalue weighted by molar-refractivity contribution is 5.82. The first kappa shape index (κ1) is 15.5. The largest absolute Gasteiger partial charge is 0.372 e. The van der Waals surface area contributed by atoms with Crippen LogP contribution in [0, 0.1) is 0 Å². The van der Waals surface area contributed by atoms with Crippen molar-refractivity contribution >= 4 is 11.9 Å². The van der Waals surface area contributed by atoms with Crippen molar-refractivity contribution in [3.05, 3.63) is 0 Å². The number of anilines is 1. The van der Waals surface area contributed by atoms with Crippen molar-refractivity contribution in [3.63, 3.8) is 0 Å². The summed E-state index contributed by atoms with van der Waals surface area (Å²) < 4.78 is 8.12. The van der Waals surface area contributed by atoms with Crippen molar-refractivity contribution < 1.29 is 9.53 Å². The van der Waals surface area contributed by atoms with Gasteiger partial charge in [0.2, 0.25) is 11.9 Å². The first-order valence-corrected chi connectivity index (χ1v) is 9.71. The zero-order chi connectivity index (χ0) is 16.9. The maximum Gasteiger partial charge on any atom is 0.246 e. The van der Waals surface area contributed by atoms with Crippen LogP contribution in [0.2, 0.25) is 0 Å². The second kappa shape index (κ2) is 5.93.